The third-order valence-electron chi connectivity index (χ3n) is 2.55. The van der Waals surface area contributed by atoms with Crippen LogP contribution in [0.3, 0.4) is 0 Å². The summed E-state index contributed by atoms with van der Waals surface area (Å²) in [5, 5.41) is 10.8. The molecule has 2 rings (SSSR count). The van der Waals surface area contributed by atoms with Crippen molar-refractivity contribution in [3.8, 4) is 5.75 Å². The van der Waals surface area contributed by atoms with Crippen LogP contribution in [0.25, 0.3) is 0 Å². The summed E-state index contributed by atoms with van der Waals surface area (Å²) in [4.78, 5) is 0. The zero-order valence-electron chi connectivity index (χ0n) is 9.85. The van der Waals surface area contributed by atoms with Crippen molar-refractivity contribution in [2.24, 2.45) is 0 Å². The molecule has 0 saturated heterocycles. The molecule has 0 N–H and O–H groups in total. The van der Waals surface area contributed by atoms with Gasteiger partial charge in [-0.05, 0) is 41.8 Å². The quantitative estimate of drug-likeness (QED) is 0.785. The number of hydrogen-bond acceptors (Lipinski definition) is 1. The highest BCUT2D eigenvalue weighted by atomic mass is 16.5. The topological polar surface area (TPSA) is 29.1 Å². The second-order valence-corrected chi connectivity index (χ2v) is 4.07. The highest BCUT2D eigenvalue weighted by Gasteiger charge is 1.98. The number of aryl methyl sites for hydroxylation is 1. The molecule has 0 heterocycles. The molecule has 0 unspecified atom stereocenters. The molecule has 0 aromatic heterocycles. The molecular formula is C15H15O2. The van der Waals surface area contributed by atoms with Crippen LogP contribution >= 0.6 is 0 Å². The zero-order chi connectivity index (χ0) is 12.1. The summed E-state index contributed by atoms with van der Waals surface area (Å²) in [5.41, 5.74) is 3.01. The fraction of sp³-hybridized carbons (Fsp3) is 0.200. The normalized spacial score (nSPS) is 10.2. The van der Waals surface area contributed by atoms with Gasteiger partial charge >= 0.3 is 0 Å². The average molecular weight is 227 g/mol. The zero-order valence-corrected chi connectivity index (χ0v) is 9.85. The van der Waals surface area contributed by atoms with Gasteiger partial charge in [0.1, 0.15) is 19.0 Å². The highest BCUT2D eigenvalue weighted by Crippen LogP contribution is 2.15. The summed E-state index contributed by atoms with van der Waals surface area (Å²) in [6.45, 7) is 2.35. The molecule has 87 valence electrons. The summed E-state index contributed by atoms with van der Waals surface area (Å²) in [5.74, 6) is 0.859. The van der Waals surface area contributed by atoms with E-state index in [1.54, 1.807) is 0 Å². The maximum absolute atomic E-state index is 10.8. The minimum Gasteiger partial charge on any atom is -0.489 e. The van der Waals surface area contributed by atoms with Crippen LogP contribution in [0.5, 0.6) is 5.75 Å². The van der Waals surface area contributed by atoms with Crippen molar-refractivity contribution < 1.29 is 9.84 Å². The van der Waals surface area contributed by atoms with Crippen molar-refractivity contribution in [1.29, 1.82) is 0 Å². The summed E-state index contributed by atoms with van der Waals surface area (Å²) < 4.78 is 5.67. The molecule has 0 bridgehead atoms. The number of ether oxygens (including phenoxy) is 1. The lowest BCUT2D eigenvalue weighted by Crippen LogP contribution is -1.96. The Morgan fingerprint density at radius 1 is 1.00 bits per heavy atom. The van der Waals surface area contributed by atoms with Gasteiger partial charge in [-0.1, -0.05) is 30.3 Å². The van der Waals surface area contributed by atoms with Gasteiger partial charge in [0.2, 0.25) is 0 Å². The molecule has 0 spiro atoms. The predicted molar refractivity (Wildman–Crippen MR) is 66.3 cm³/mol. The average Bonchev–Trinajstić information content (AvgIpc) is 2.37. The van der Waals surface area contributed by atoms with Crippen LogP contribution in [0, 0.1) is 6.92 Å². The fourth-order valence-corrected chi connectivity index (χ4v) is 1.68. The third-order valence-corrected chi connectivity index (χ3v) is 2.55. The Balaban J connectivity index is 2.02. The molecular weight excluding hydrogens is 212 g/mol. The lowest BCUT2D eigenvalue weighted by atomic mass is 10.1. The Morgan fingerprint density at radius 3 is 2.53 bits per heavy atom. The van der Waals surface area contributed by atoms with Gasteiger partial charge in [0, 0.05) is 0 Å². The van der Waals surface area contributed by atoms with E-state index in [0.717, 1.165) is 16.9 Å². The van der Waals surface area contributed by atoms with E-state index in [-0.39, 0.29) is 6.61 Å². The van der Waals surface area contributed by atoms with E-state index in [1.807, 2.05) is 55.5 Å². The Labute approximate surface area is 101 Å². The van der Waals surface area contributed by atoms with Gasteiger partial charge in [-0.2, -0.15) is 0 Å². The summed E-state index contributed by atoms with van der Waals surface area (Å²) in [6.07, 6.45) is 0. The van der Waals surface area contributed by atoms with Crippen LogP contribution in [0.2, 0.25) is 0 Å². The van der Waals surface area contributed by atoms with Gasteiger partial charge in [-0.15, -0.1) is 0 Å². The molecule has 17 heavy (non-hydrogen) atoms. The molecule has 0 saturated carbocycles. The summed E-state index contributed by atoms with van der Waals surface area (Å²) >= 11 is 0. The van der Waals surface area contributed by atoms with E-state index >= 15 is 0 Å². The van der Waals surface area contributed by atoms with E-state index in [1.165, 1.54) is 5.56 Å². The van der Waals surface area contributed by atoms with Crippen molar-refractivity contribution in [3.63, 3.8) is 0 Å². The van der Waals surface area contributed by atoms with Gasteiger partial charge in [-0.3, -0.25) is 0 Å². The first-order chi connectivity index (χ1) is 8.28. The SMILES string of the molecule is Cc1cccc(OCc2cccc(C[O])c2)c1. The smallest absolute Gasteiger partial charge is 0.120 e. The Bertz CT molecular complexity index is 492. The van der Waals surface area contributed by atoms with E-state index in [0.29, 0.717) is 6.61 Å². The second-order valence-electron chi connectivity index (χ2n) is 4.07. The number of benzene rings is 2. The first-order valence-corrected chi connectivity index (χ1v) is 5.63. The first-order valence-electron chi connectivity index (χ1n) is 5.63. The van der Waals surface area contributed by atoms with Crippen molar-refractivity contribution >= 4 is 0 Å². The molecule has 0 aliphatic rings. The maximum Gasteiger partial charge on any atom is 0.120 e. The van der Waals surface area contributed by atoms with Gasteiger partial charge in [0.15, 0.2) is 0 Å². The van der Waals surface area contributed by atoms with E-state index in [2.05, 4.69) is 0 Å². The predicted octanol–water partition coefficient (Wildman–Crippen LogP) is 3.50. The molecule has 0 atom stereocenters. The molecule has 0 aliphatic heterocycles. The highest BCUT2D eigenvalue weighted by molar-refractivity contribution is 5.28. The molecule has 2 aromatic carbocycles. The molecule has 0 aliphatic carbocycles. The van der Waals surface area contributed by atoms with Crippen LogP contribution in [-0.2, 0) is 18.3 Å². The monoisotopic (exact) mass is 227 g/mol. The summed E-state index contributed by atoms with van der Waals surface area (Å²) in [7, 11) is 0. The standard InChI is InChI=1S/C15H15O2/c1-12-4-2-7-15(8-12)17-11-14-6-3-5-13(9-14)10-16/h2-9H,10-11H2,1H3. The number of hydrogen-bond donors (Lipinski definition) is 0. The molecule has 1 radical (unpaired) electrons. The molecule has 0 fully saturated rings. The summed E-state index contributed by atoms with van der Waals surface area (Å²) in [6, 6.07) is 15.5. The van der Waals surface area contributed by atoms with Gasteiger partial charge in [-0.25, -0.2) is 5.11 Å². The minimum atomic E-state index is -0.182. The van der Waals surface area contributed by atoms with Crippen LogP contribution in [-0.4, -0.2) is 0 Å². The first kappa shape index (κ1) is 11.7. The Morgan fingerprint density at radius 2 is 1.76 bits per heavy atom. The third kappa shape index (κ3) is 3.33. The lowest BCUT2D eigenvalue weighted by Gasteiger charge is -2.07. The van der Waals surface area contributed by atoms with Crippen LogP contribution in [0.15, 0.2) is 48.5 Å². The molecule has 2 nitrogen and oxygen atoms in total. The molecule has 2 aromatic rings. The van der Waals surface area contributed by atoms with E-state index < -0.39 is 0 Å². The van der Waals surface area contributed by atoms with E-state index in [4.69, 9.17) is 4.74 Å². The Hall–Kier alpha value is -1.80. The van der Waals surface area contributed by atoms with Crippen LogP contribution in [0.1, 0.15) is 16.7 Å². The van der Waals surface area contributed by atoms with Gasteiger partial charge in [0.05, 0.1) is 0 Å². The van der Waals surface area contributed by atoms with Crippen LogP contribution < -0.4 is 4.74 Å². The molecule has 0 amide bonds. The Kier molecular flexibility index (Phi) is 3.78. The fourth-order valence-electron chi connectivity index (χ4n) is 1.68. The van der Waals surface area contributed by atoms with E-state index in [9.17, 15) is 5.11 Å². The van der Waals surface area contributed by atoms with Gasteiger partial charge < -0.3 is 4.74 Å². The lowest BCUT2D eigenvalue weighted by molar-refractivity contribution is 0.177. The van der Waals surface area contributed by atoms with Crippen molar-refractivity contribution in [2.45, 2.75) is 20.1 Å². The number of rotatable bonds is 4. The largest absolute Gasteiger partial charge is 0.489 e. The maximum atomic E-state index is 10.8. The van der Waals surface area contributed by atoms with Crippen molar-refractivity contribution in [1.82, 2.24) is 0 Å². The second kappa shape index (κ2) is 5.51. The van der Waals surface area contributed by atoms with Crippen LogP contribution in [0.4, 0.5) is 0 Å². The van der Waals surface area contributed by atoms with Gasteiger partial charge in [0.25, 0.3) is 0 Å². The van der Waals surface area contributed by atoms with Crippen molar-refractivity contribution in [3.05, 3.63) is 65.2 Å². The van der Waals surface area contributed by atoms with Crippen molar-refractivity contribution in [2.75, 3.05) is 0 Å². The molecule has 2 heteroatoms. The minimum absolute atomic E-state index is 0.182.